The second-order valence-electron chi connectivity index (χ2n) is 3.43. The SMILES string of the molecule is CCN1C(=O)c2ccccc2[C@@H]1CN. The summed E-state index contributed by atoms with van der Waals surface area (Å²) < 4.78 is 0. The molecule has 1 aromatic rings. The van der Waals surface area contributed by atoms with E-state index in [1.54, 1.807) is 0 Å². The highest BCUT2D eigenvalue weighted by Gasteiger charge is 2.33. The number of carbonyl (C=O) groups is 1. The van der Waals surface area contributed by atoms with Crippen LogP contribution in [0.3, 0.4) is 0 Å². The second-order valence-corrected chi connectivity index (χ2v) is 3.43. The van der Waals surface area contributed by atoms with Gasteiger partial charge in [-0.1, -0.05) is 18.2 Å². The molecule has 1 aromatic carbocycles. The van der Waals surface area contributed by atoms with Crippen molar-refractivity contribution in [3.8, 4) is 0 Å². The zero-order chi connectivity index (χ0) is 10.1. The number of nitrogens with two attached hydrogens (primary N) is 1. The molecule has 3 heteroatoms. The lowest BCUT2D eigenvalue weighted by atomic mass is 10.1. The van der Waals surface area contributed by atoms with Gasteiger partial charge < -0.3 is 10.6 Å². The van der Waals surface area contributed by atoms with Gasteiger partial charge in [0.15, 0.2) is 0 Å². The summed E-state index contributed by atoms with van der Waals surface area (Å²) >= 11 is 0. The fourth-order valence-corrected chi connectivity index (χ4v) is 2.06. The second kappa shape index (κ2) is 3.42. The van der Waals surface area contributed by atoms with Crippen molar-refractivity contribution in [1.29, 1.82) is 0 Å². The minimum absolute atomic E-state index is 0.0729. The number of carbonyl (C=O) groups excluding carboxylic acids is 1. The number of fused-ring (bicyclic) bond motifs is 1. The highest BCUT2D eigenvalue weighted by molar-refractivity contribution is 5.99. The Bertz CT molecular complexity index is 362. The smallest absolute Gasteiger partial charge is 0.254 e. The monoisotopic (exact) mass is 190 g/mol. The van der Waals surface area contributed by atoms with E-state index in [0.29, 0.717) is 6.54 Å². The normalized spacial score (nSPS) is 20.0. The van der Waals surface area contributed by atoms with Crippen LogP contribution in [0.15, 0.2) is 24.3 Å². The summed E-state index contributed by atoms with van der Waals surface area (Å²) in [5.74, 6) is 0.110. The third-order valence-electron chi connectivity index (χ3n) is 2.75. The maximum absolute atomic E-state index is 11.9. The van der Waals surface area contributed by atoms with Crippen molar-refractivity contribution < 1.29 is 4.79 Å². The van der Waals surface area contributed by atoms with E-state index in [2.05, 4.69) is 0 Å². The van der Waals surface area contributed by atoms with Gasteiger partial charge in [-0.15, -0.1) is 0 Å². The van der Waals surface area contributed by atoms with Crippen LogP contribution in [0.5, 0.6) is 0 Å². The molecule has 1 heterocycles. The van der Waals surface area contributed by atoms with Crippen LogP contribution in [-0.4, -0.2) is 23.9 Å². The quantitative estimate of drug-likeness (QED) is 0.760. The van der Waals surface area contributed by atoms with Gasteiger partial charge in [-0.3, -0.25) is 4.79 Å². The van der Waals surface area contributed by atoms with E-state index in [-0.39, 0.29) is 11.9 Å². The van der Waals surface area contributed by atoms with E-state index in [4.69, 9.17) is 5.73 Å². The minimum Gasteiger partial charge on any atom is -0.331 e. The summed E-state index contributed by atoms with van der Waals surface area (Å²) in [7, 11) is 0. The zero-order valence-corrected chi connectivity index (χ0v) is 8.23. The van der Waals surface area contributed by atoms with E-state index in [1.807, 2.05) is 36.1 Å². The summed E-state index contributed by atoms with van der Waals surface area (Å²) in [6, 6.07) is 7.78. The molecule has 2 rings (SSSR count). The van der Waals surface area contributed by atoms with E-state index in [9.17, 15) is 4.79 Å². The third-order valence-corrected chi connectivity index (χ3v) is 2.75. The first kappa shape index (κ1) is 9.21. The summed E-state index contributed by atoms with van der Waals surface area (Å²) in [5.41, 5.74) is 7.56. The Balaban J connectivity index is 2.48. The Morgan fingerprint density at radius 3 is 2.79 bits per heavy atom. The summed E-state index contributed by atoms with van der Waals surface area (Å²) in [5, 5.41) is 0. The number of nitrogens with zero attached hydrogens (tertiary/aromatic N) is 1. The molecule has 0 saturated carbocycles. The van der Waals surface area contributed by atoms with Gasteiger partial charge in [-0.25, -0.2) is 0 Å². The van der Waals surface area contributed by atoms with Crippen molar-refractivity contribution in [1.82, 2.24) is 4.90 Å². The Hall–Kier alpha value is -1.35. The number of amides is 1. The minimum atomic E-state index is 0.0729. The molecule has 0 aliphatic carbocycles. The summed E-state index contributed by atoms with van der Waals surface area (Å²) in [6.45, 7) is 3.19. The van der Waals surface area contributed by atoms with Gasteiger partial charge >= 0.3 is 0 Å². The molecule has 1 aliphatic rings. The molecule has 0 fully saturated rings. The van der Waals surface area contributed by atoms with Crippen LogP contribution < -0.4 is 5.73 Å². The van der Waals surface area contributed by atoms with Gasteiger partial charge in [0.1, 0.15) is 0 Å². The van der Waals surface area contributed by atoms with Gasteiger partial charge in [-0.2, -0.15) is 0 Å². The van der Waals surface area contributed by atoms with Crippen LogP contribution in [0.2, 0.25) is 0 Å². The highest BCUT2D eigenvalue weighted by Crippen LogP contribution is 2.31. The average Bonchev–Trinajstić information content (AvgIpc) is 2.51. The third kappa shape index (κ3) is 1.13. The molecule has 1 amide bonds. The van der Waals surface area contributed by atoms with E-state index in [0.717, 1.165) is 17.7 Å². The molecular formula is C11H14N2O. The van der Waals surface area contributed by atoms with Crippen molar-refractivity contribution in [3.63, 3.8) is 0 Å². The van der Waals surface area contributed by atoms with E-state index >= 15 is 0 Å². The molecule has 74 valence electrons. The lowest BCUT2D eigenvalue weighted by molar-refractivity contribution is 0.0741. The molecule has 2 N–H and O–H groups in total. The van der Waals surface area contributed by atoms with Gasteiger partial charge in [-0.05, 0) is 18.6 Å². The molecule has 1 aliphatic heterocycles. The number of benzene rings is 1. The predicted octanol–water partition coefficient (Wildman–Crippen LogP) is 1.16. The molecule has 0 spiro atoms. The number of hydrogen-bond donors (Lipinski definition) is 1. The lowest BCUT2D eigenvalue weighted by Crippen LogP contribution is -2.31. The van der Waals surface area contributed by atoms with Crippen LogP contribution in [0.1, 0.15) is 28.9 Å². The highest BCUT2D eigenvalue weighted by atomic mass is 16.2. The largest absolute Gasteiger partial charge is 0.331 e. The first-order chi connectivity index (χ1) is 6.79. The topological polar surface area (TPSA) is 46.3 Å². The van der Waals surface area contributed by atoms with Crippen LogP contribution in [0.25, 0.3) is 0 Å². The predicted molar refractivity (Wildman–Crippen MR) is 54.9 cm³/mol. The van der Waals surface area contributed by atoms with Crippen LogP contribution >= 0.6 is 0 Å². The zero-order valence-electron chi connectivity index (χ0n) is 8.23. The van der Waals surface area contributed by atoms with Gasteiger partial charge in [0.2, 0.25) is 0 Å². The van der Waals surface area contributed by atoms with Crippen molar-refractivity contribution in [2.45, 2.75) is 13.0 Å². The average molecular weight is 190 g/mol. The first-order valence-electron chi connectivity index (χ1n) is 4.89. The molecular weight excluding hydrogens is 176 g/mol. The van der Waals surface area contributed by atoms with Crippen molar-refractivity contribution in [3.05, 3.63) is 35.4 Å². The lowest BCUT2D eigenvalue weighted by Gasteiger charge is -2.21. The van der Waals surface area contributed by atoms with Crippen LogP contribution in [-0.2, 0) is 0 Å². The summed E-state index contributed by atoms with van der Waals surface area (Å²) in [6.07, 6.45) is 0. The van der Waals surface area contributed by atoms with Crippen molar-refractivity contribution >= 4 is 5.91 Å². The van der Waals surface area contributed by atoms with E-state index in [1.165, 1.54) is 0 Å². The maximum atomic E-state index is 11.9. The molecule has 0 radical (unpaired) electrons. The maximum Gasteiger partial charge on any atom is 0.254 e. The molecule has 0 unspecified atom stereocenters. The van der Waals surface area contributed by atoms with Crippen LogP contribution in [0.4, 0.5) is 0 Å². The Morgan fingerprint density at radius 2 is 2.14 bits per heavy atom. The van der Waals surface area contributed by atoms with Crippen molar-refractivity contribution in [2.24, 2.45) is 5.73 Å². The fraction of sp³-hybridized carbons (Fsp3) is 0.364. The molecule has 0 saturated heterocycles. The number of rotatable bonds is 2. The molecule has 14 heavy (non-hydrogen) atoms. The number of likely N-dealkylation sites (N-methyl/N-ethyl adjacent to an activating group) is 1. The number of hydrogen-bond acceptors (Lipinski definition) is 2. The van der Waals surface area contributed by atoms with Gasteiger partial charge in [0.25, 0.3) is 5.91 Å². The first-order valence-corrected chi connectivity index (χ1v) is 4.89. The standard InChI is InChI=1S/C11H14N2O/c1-2-13-10(7-12)8-5-3-4-6-9(8)11(13)14/h3-6,10H,2,7,12H2,1H3/t10-/m0/s1. The Morgan fingerprint density at radius 1 is 1.43 bits per heavy atom. The molecule has 0 aromatic heterocycles. The molecule has 0 bridgehead atoms. The van der Waals surface area contributed by atoms with E-state index < -0.39 is 0 Å². The Kier molecular flexibility index (Phi) is 2.25. The van der Waals surface area contributed by atoms with Gasteiger partial charge in [0.05, 0.1) is 6.04 Å². The molecule has 1 atom stereocenters. The molecule has 3 nitrogen and oxygen atoms in total. The van der Waals surface area contributed by atoms with Crippen LogP contribution in [0, 0.1) is 0 Å². The Labute approximate surface area is 83.5 Å². The van der Waals surface area contributed by atoms with Gasteiger partial charge in [0, 0.05) is 18.7 Å². The summed E-state index contributed by atoms with van der Waals surface area (Å²) in [4.78, 5) is 13.7. The fourth-order valence-electron chi connectivity index (χ4n) is 2.06. The van der Waals surface area contributed by atoms with Crippen molar-refractivity contribution in [2.75, 3.05) is 13.1 Å².